The van der Waals surface area contributed by atoms with Crippen molar-refractivity contribution >= 4 is 35.0 Å². The third kappa shape index (κ3) is 2.45. The number of nitrogens with one attached hydrogen (secondary N) is 1. The summed E-state index contributed by atoms with van der Waals surface area (Å²) >= 11 is 12.1. The second-order valence-corrected chi connectivity index (χ2v) is 5.93. The molecule has 0 spiro atoms. The quantitative estimate of drug-likeness (QED) is 0.885. The molecular weight excluding hydrogens is 323 g/mol. The lowest BCUT2D eigenvalue weighted by Gasteiger charge is -2.33. The smallest absolute Gasteiger partial charge is 0.252 e. The number of hydrogen-bond donors (Lipinski definition) is 2. The Morgan fingerprint density at radius 3 is 2.50 bits per heavy atom. The Kier molecular flexibility index (Phi) is 3.81. The number of halogens is 2. The fourth-order valence-corrected chi connectivity index (χ4v) is 3.31. The highest BCUT2D eigenvalue weighted by molar-refractivity contribution is 6.35. The van der Waals surface area contributed by atoms with Crippen molar-refractivity contribution in [1.82, 2.24) is 5.32 Å². The van der Waals surface area contributed by atoms with E-state index in [4.69, 9.17) is 28.9 Å². The molecular formula is C16H12Cl2N2O2. The van der Waals surface area contributed by atoms with E-state index in [9.17, 15) is 9.59 Å². The largest absolute Gasteiger partial charge is 0.369 e. The number of rotatable bonds is 2. The van der Waals surface area contributed by atoms with Gasteiger partial charge in [-0.1, -0.05) is 47.5 Å². The minimum absolute atomic E-state index is 0.260. The van der Waals surface area contributed by atoms with Crippen LogP contribution in [0.2, 0.25) is 10.0 Å². The number of fused-ring (bicyclic) bond motifs is 1. The zero-order chi connectivity index (χ0) is 15.9. The molecule has 1 aliphatic heterocycles. The molecule has 0 saturated carbocycles. The van der Waals surface area contributed by atoms with Crippen molar-refractivity contribution in [3.05, 3.63) is 69.2 Å². The molecule has 3 N–H and O–H groups in total. The van der Waals surface area contributed by atoms with Crippen molar-refractivity contribution in [2.45, 2.75) is 12.0 Å². The standard InChI is InChI=1S/C16H12Cl2N2O2/c17-8-5-6-11(12(18)7-8)14-13(15(19)21)9-3-1-2-4-10(9)16(22)20-14/h1-7,13-14H,(H2,19,21)(H,20,22). The number of nitrogens with two attached hydrogens (primary N) is 1. The van der Waals surface area contributed by atoms with E-state index in [1.54, 1.807) is 42.5 Å². The maximum Gasteiger partial charge on any atom is 0.252 e. The van der Waals surface area contributed by atoms with Crippen LogP contribution in [-0.4, -0.2) is 11.8 Å². The Morgan fingerprint density at radius 1 is 1.09 bits per heavy atom. The zero-order valence-electron chi connectivity index (χ0n) is 11.3. The monoisotopic (exact) mass is 334 g/mol. The highest BCUT2D eigenvalue weighted by Gasteiger charge is 2.38. The lowest BCUT2D eigenvalue weighted by molar-refractivity contribution is -0.120. The molecule has 4 nitrogen and oxygen atoms in total. The second kappa shape index (κ2) is 5.63. The lowest BCUT2D eigenvalue weighted by Crippen LogP contribution is -2.43. The predicted octanol–water partition coefficient (Wildman–Crippen LogP) is 3.05. The minimum atomic E-state index is -0.687. The molecule has 1 aliphatic rings. The number of amides is 2. The molecule has 2 atom stereocenters. The molecule has 0 aromatic heterocycles. The lowest BCUT2D eigenvalue weighted by atomic mass is 9.81. The van der Waals surface area contributed by atoms with Gasteiger partial charge in [0.1, 0.15) is 0 Å². The zero-order valence-corrected chi connectivity index (χ0v) is 12.9. The van der Waals surface area contributed by atoms with E-state index in [0.717, 1.165) is 0 Å². The fraction of sp³-hybridized carbons (Fsp3) is 0.125. The summed E-state index contributed by atoms with van der Waals surface area (Å²) in [5, 5.41) is 3.67. The second-order valence-electron chi connectivity index (χ2n) is 5.08. The van der Waals surface area contributed by atoms with Crippen molar-refractivity contribution < 1.29 is 9.59 Å². The van der Waals surface area contributed by atoms with Crippen LogP contribution < -0.4 is 11.1 Å². The van der Waals surface area contributed by atoms with Crippen LogP contribution >= 0.6 is 23.2 Å². The maximum atomic E-state index is 12.3. The first-order valence-electron chi connectivity index (χ1n) is 6.63. The van der Waals surface area contributed by atoms with Crippen molar-refractivity contribution in [2.75, 3.05) is 0 Å². The van der Waals surface area contributed by atoms with Crippen LogP contribution in [0.1, 0.15) is 33.4 Å². The van der Waals surface area contributed by atoms with E-state index in [1.807, 2.05) is 0 Å². The minimum Gasteiger partial charge on any atom is -0.369 e. The SMILES string of the molecule is NC(=O)C1c2ccccc2C(=O)NC1c1ccc(Cl)cc1Cl. The molecule has 1 heterocycles. The van der Waals surface area contributed by atoms with Gasteiger partial charge >= 0.3 is 0 Å². The van der Waals surface area contributed by atoms with Crippen LogP contribution in [0.15, 0.2) is 42.5 Å². The van der Waals surface area contributed by atoms with E-state index in [1.165, 1.54) is 0 Å². The number of carbonyl (C=O) groups excluding carboxylic acids is 2. The number of carbonyl (C=O) groups is 2. The summed E-state index contributed by atoms with van der Waals surface area (Å²) in [7, 11) is 0. The average Bonchev–Trinajstić information content (AvgIpc) is 2.46. The third-order valence-electron chi connectivity index (χ3n) is 3.76. The first kappa shape index (κ1) is 14.9. The van der Waals surface area contributed by atoms with E-state index in [2.05, 4.69) is 5.32 Å². The summed E-state index contributed by atoms with van der Waals surface area (Å²) in [5.74, 6) is -1.47. The van der Waals surface area contributed by atoms with E-state index >= 15 is 0 Å². The van der Waals surface area contributed by atoms with Gasteiger partial charge in [0.05, 0.1) is 12.0 Å². The molecule has 3 rings (SSSR count). The van der Waals surface area contributed by atoms with Gasteiger partial charge in [0.25, 0.3) is 5.91 Å². The topological polar surface area (TPSA) is 72.2 Å². The van der Waals surface area contributed by atoms with Crippen LogP contribution in [0.4, 0.5) is 0 Å². The Bertz CT molecular complexity index is 776. The molecule has 2 aromatic carbocycles. The predicted molar refractivity (Wildman–Crippen MR) is 85.0 cm³/mol. The first-order valence-corrected chi connectivity index (χ1v) is 7.38. The fourth-order valence-electron chi connectivity index (χ4n) is 2.79. The highest BCUT2D eigenvalue weighted by Crippen LogP contribution is 2.39. The Hall–Kier alpha value is -2.04. The summed E-state index contributed by atoms with van der Waals surface area (Å²) < 4.78 is 0. The van der Waals surface area contributed by atoms with Gasteiger partial charge in [0, 0.05) is 15.6 Å². The van der Waals surface area contributed by atoms with Gasteiger partial charge in [-0.3, -0.25) is 9.59 Å². The van der Waals surface area contributed by atoms with Crippen molar-refractivity contribution in [2.24, 2.45) is 5.73 Å². The van der Waals surface area contributed by atoms with Crippen LogP contribution in [0.3, 0.4) is 0 Å². The molecule has 0 bridgehead atoms. The molecule has 2 amide bonds. The third-order valence-corrected chi connectivity index (χ3v) is 4.33. The summed E-state index contributed by atoms with van der Waals surface area (Å²) in [4.78, 5) is 24.3. The summed E-state index contributed by atoms with van der Waals surface area (Å²) in [5.41, 5.74) is 7.24. The molecule has 0 saturated heterocycles. The molecule has 22 heavy (non-hydrogen) atoms. The van der Waals surface area contributed by atoms with Crippen molar-refractivity contribution in [1.29, 1.82) is 0 Å². The molecule has 0 radical (unpaired) electrons. The molecule has 0 fully saturated rings. The van der Waals surface area contributed by atoms with Crippen molar-refractivity contribution in [3.8, 4) is 0 Å². The highest BCUT2D eigenvalue weighted by atomic mass is 35.5. The average molecular weight is 335 g/mol. The number of hydrogen-bond acceptors (Lipinski definition) is 2. The van der Waals surface area contributed by atoms with E-state index in [0.29, 0.717) is 26.7 Å². The van der Waals surface area contributed by atoms with E-state index in [-0.39, 0.29) is 5.91 Å². The molecule has 0 aliphatic carbocycles. The van der Waals surface area contributed by atoms with Crippen LogP contribution in [0.5, 0.6) is 0 Å². The molecule has 112 valence electrons. The Morgan fingerprint density at radius 2 is 1.82 bits per heavy atom. The van der Waals surface area contributed by atoms with Gasteiger partial charge in [-0.25, -0.2) is 0 Å². The van der Waals surface area contributed by atoms with Gasteiger partial charge in [-0.05, 0) is 29.3 Å². The van der Waals surface area contributed by atoms with Gasteiger partial charge in [-0.15, -0.1) is 0 Å². The van der Waals surface area contributed by atoms with Gasteiger partial charge in [0.2, 0.25) is 5.91 Å². The van der Waals surface area contributed by atoms with Crippen LogP contribution in [0.25, 0.3) is 0 Å². The Balaban J connectivity index is 2.16. The Labute approximate surface area is 137 Å². The molecule has 6 heteroatoms. The van der Waals surface area contributed by atoms with Gasteiger partial charge < -0.3 is 11.1 Å². The number of primary amides is 1. The normalized spacial score (nSPS) is 20.2. The molecule has 2 aromatic rings. The summed E-state index contributed by atoms with van der Waals surface area (Å²) in [6.07, 6.45) is 0. The van der Waals surface area contributed by atoms with Gasteiger partial charge in [-0.2, -0.15) is 0 Å². The van der Waals surface area contributed by atoms with Crippen LogP contribution in [-0.2, 0) is 4.79 Å². The molecule has 2 unspecified atom stereocenters. The van der Waals surface area contributed by atoms with E-state index < -0.39 is 17.9 Å². The maximum absolute atomic E-state index is 12.3. The van der Waals surface area contributed by atoms with Gasteiger partial charge in [0.15, 0.2) is 0 Å². The first-order chi connectivity index (χ1) is 10.5. The van der Waals surface area contributed by atoms with Crippen molar-refractivity contribution in [3.63, 3.8) is 0 Å². The summed E-state index contributed by atoms with van der Waals surface area (Å²) in [6, 6.07) is 11.2. The van der Waals surface area contributed by atoms with Crippen LogP contribution in [0, 0.1) is 0 Å². The summed E-state index contributed by atoms with van der Waals surface area (Å²) in [6.45, 7) is 0. The number of benzene rings is 2.